The highest BCUT2D eigenvalue weighted by atomic mass is 15.4. The number of fused-ring (bicyclic) bond motifs is 1. The third-order valence-corrected chi connectivity index (χ3v) is 3.84. The predicted octanol–water partition coefficient (Wildman–Crippen LogP) is 4.58. The first-order valence-corrected chi connectivity index (χ1v) is 8.18. The van der Waals surface area contributed by atoms with Gasteiger partial charge in [0.15, 0.2) is 0 Å². The average molecular weight is 308 g/mol. The summed E-state index contributed by atoms with van der Waals surface area (Å²) in [6.45, 7) is 6.66. The van der Waals surface area contributed by atoms with Gasteiger partial charge in [-0.25, -0.2) is 10.4 Å². The Hall–Kier alpha value is -2.33. The molecule has 0 spiro atoms. The van der Waals surface area contributed by atoms with Crippen LogP contribution in [0.2, 0.25) is 0 Å². The Morgan fingerprint density at radius 1 is 1.00 bits per heavy atom. The smallest absolute Gasteiger partial charge is 0.138 e. The number of benzene rings is 2. The van der Waals surface area contributed by atoms with Crippen LogP contribution in [0.3, 0.4) is 0 Å². The zero-order valence-electron chi connectivity index (χ0n) is 13.9. The molecule has 1 aromatic heterocycles. The molecule has 0 fully saturated rings. The van der Waals surface area contributed by atoms with Gasteiger partial charge >= 0.3 is 0 Å². The quantitative estimate of drug-likeness (QED) is 0.584. The highest BCUT2D eigenvalue weighted by Gasteiger charge is 2.06. The minimum absolute atomic E-state index is 0.435. The number of anilines is 1. The molecule has 1 atom stereocenters. The highest BCUT2D eigenvalue weighted by Crippen LogP contribution is 2.21. The van der Waals surface area contributed by atoms with Gasteiger partial charge in [0.2, 0.25) is 0 Å². The molecule has 0 saturated heterocycles. The van der Waals surface area contributed by atoms with E-state index >= 15 is 0 Å². The van der Waals surface area contributed by atoms with E-state index in [0.717, 1.165) is 34.5 Å². The number of rotatable bonds is 6. The van der Waals surface area contributed by atoms with Gasteiger partial charge in [-0.05, 0) is 55.7 Å². The third kappa shape index (κ3) is 3.90. The van der Waals surface area contributed by atoms with Crippen molar-refractivity contribution < 1.29 is 0 Å². The Kier molecular flexibility index (Phi) is 4.63. The number of imidazole rings is 1. The second-order valence-electron chi connectivity index (χ2n) is 6.48. The number of H-pyrrole nitrogens is 1. The van der Waals surface area contributed by atoms with Crippen LogP contribution < -0.4 is 10.9 Å². The number of nitrogens with one attached hydrogen (secondary N) is 3. The maximum atomic E-state index is 4.63. The number of aromatic nitrogens is 2. The molecule has 4 heteroatoms. The van der Waals surface area contributed by atoms with Crippen molar-refractivity contribution in [1.82, 2.24) is 15.4 Å². The first-order valence-electron chi connectivity index (χ1n) is 8.18. The van der Waals surface area contributed by atoms with Crippen molar-refractivity contribution in [2.24, 2.45) is 5.92 Å². The molecular formula is C19H24N4. The molecule has 1 heterocycles. The van der Waals surface area contributed by atoms with Gasteiger partial charge in [-0.3, -0.25) is 0 Å². The normalized spacial score (nSPS) is 12.7. The maximum Gasteiger partial charge on any atom is 0.138 e. The summed E-state index contributed by atoms with van der Waals surface area (Å²) in [5.74, 6) is 1.59. The molecule has 0 saturated carbocycles. The third-order valence-electron chi connectivity index (χ3n) is 3.84. The first-order chi connectivity index (χ1) is 11.1. The van der Waals surface area contributed by atoms with E-state index in [-0.39, 0.29) is 0 Å². The largest absolute Gasteiger partial charge is 0.338 e. The number of hydrogen-bond acceptors (Lipinski definition) is 3. The van der Waals surface area contributed by atoms with E-state index < -0.39 is 0 Å². The van der Waals surface area contributed by atoms with Gasteiger partial charge < -0.3 is 10.4 Å². The molecule has 4 nitrogen and oxygen atoms in total. The van der Waals surface area contributed by atoms with Crippen molar-refractivity contribution >= 4 is 16.7 Å². The van der Waals surface area contributed by atoms with Gasteiger partial charge in [0.25, 0.3) is 0 Å². The maximum absolute atomic E-state index is 4.63. The standard InChI is InChI=1S/C19H24N4/c1-13(2)12-14(3)22-23-16-10-8-15(9-11-16)19-20-17-6-4-5-7-18(17)21-19/h4-11,13-14,22-23H,12H2,1-3H3,(H,20,21). The van der Waals surface area contributed by atoms with E-state index in [1.807, 2.05) is 24.3 Å². The molecular weight excluding hydrogens is 284 g/mol. The van der Waals surface area contributed by atoms with Gasteiger partial charge in [-0.15, -0.1) is 0 Å². The number of aromatic amines is 1. The SMILES string of the molecule is CC(C)CC(C)NNc1ccc(-c2nc3ccccc3[nH]2)cc1. The van der Waals surface area contributed by atoms with Gasteiger partial charge in [-0.2, -0.15) is 0 Å². The lowest BCUT2D eigenvalue weighted by Gasteiger charge is -2.17. The van der Waals surface area contributed by atoms with E-state index in [0.29, 0.717) is 12.0 Å². The summed E-state index contributed by atoms with van der Waals surface area (Å²) in [4.78, 5) is 7.98. The second kappa shape index (κ2) is 6.84. The summed E-state index contributed by atoms with van der Waals surface area (Å²) < 4.78 is 0. The van der Waals surface area contributed by atoms with Crippen molar-refractivity contribution in [1.29, 1.82) is 0 Å². The summed E-state index contributed by atoms with van der Waals surface area (Å²) in [5, 5.41) is 0. The summed E-state index contributed by atoms with van der Waals surface area (Å²) >= 11 is 0. The minimum Gasteiger partial charge on any atom is -0.338 e. The molecule has 120 valence electrons. The molecule has 3 rings (SSSR count). The monoisotopic (exact) mass is 308 g/mol. The van der Waals surface area contributed by atoms with Crippen LogP contribution in [0, 0.1) is 5.92 Å². The van der Waals surface area contributed by atoms with Crippen LogP contribution in [0.1, 0.15) is 27.2 Å². The van der Waals surface area contributed by atoms with Crippen molar-refractivity contribution in [2.75, 3.05) is 5.43 Å². The van der Waals surface area contributed by atoms with Gasteiger partial charge in [0.1, 0.15) is 5.82 Å². The van der Waals surface area contributed by atoms with Crippen LogP contribution in [-0.2, 0) is 0 Å². The van der Waals surface area contributed by atoms with Crippen LogP contribution >= 0.6 is 0 Å². The number of hydrogen-bond donors (Lipinski definition) is 3. The zero-order chi connectivity index (χ0) is 16.2. The van der Waals surface area contributed by atoms with Crippen molar-refractivity contribution in [3.05, 3.63) is 48.5 Å². The summed E-state index contributed by atoms with van der Waals surface area (Å²) in [6.07, 6.45) is 1.14. The molecule has 0 bridgehead atoms. The number of para-hydroxylation sites is 2. The Balaban J connectivity index is 1.67. The Morgan fingerprint density at radius 2 is 1.74 bits per heavy atom. The summed E-state index contributed by atoms with van der Waals surface area (Å²) in [5.41, 5.74) is 10.8. The second-order valence-corrected chi connectivity index (χ2v) is 6.48. The fourth-order valence-corrected chi connectivity index (χ4v) is 2.77. The van der Waals surface area contributed by atoms with Crippen LogP contribution in [0.4, 0.5) is 5.69 Å². The highest BCUT2D eigenvalue weighted by molar-refractivity contribution is 5.79. The Labute approximate surface area is 137 Å². The number of nitrogens with zero attached hydrogens (tertiary/aromatic N) is 1. The van der Waals surface area contributed by atoms with Gasteiger partial charge in [-0.1, -0.05) is 26.0 Å². The summed E-state index contributed by atoms with van der Waals surface area (Å²) in [7, 11) is 0. The minimum atomic E-state index is 0.435. The lowest BCUT2D eigenvalue weighted by atomic mass is 10.1. The van der Waals surface area contributed by atoms with Gasteiger partial charge in [0.05, 0.1) is 11.0 Å². The molecule has 3 aromatic rings. The lowest BCUT2D eigenvalue weighted by Crippen LogP contribution is -2.32. The lowest BCUT2D eigenvalue weighted by molar-refractivity contribution is 0.467. The zero-order valence-corrected chi connectivity index (χ0v) is 13.9. The van der Waals surface area contributed by atoms with Crippen LogP contribution in [-0.4, -0.2) is 16.0 Å². The summed E-state index contributed by atoms with van der Waals surface area (Å²) in [6, 6.07) is 16.8. The molecule has 3 N–H and O–H groups in total. The molecule has 1 unspecified atom stereocenters. The average Bonchev–Trinajstić information content (AvgIpc) is 2.97. The Bertz CT molecular complexity index is 725. The van der Waals surface area contributed by atoms with Crippen molar-refractivity contribution in [2.45, 2.75) is 33.2 Å². The van der Waals surface area contributed by atoms with Crippen LogP contribution in [0.5, 0.6) is 0 Å². The molecule has 2 aromatic carbocycles. The number of hydrazine groups is 1. The molecule has 0 amide bonds. The first kappa shape index (κ1) is 15.6. The predicted molar refractivity (Wildman–Crippen MR) is 97.2 cm³/mol. The van der Waals surface area contributed by atoms with Crippen molar-refractivity contribution in [3.8, 4) is 11.4 Å². The van der Waals surface area contributed by atoms with E-state index in [4.69, 9.17) is 0 Å². The Morgan fingerprint density at radius 3 is 2.43 bits per heavy atom. The van der Waals surface area contributed by atoms with Gasteiger partial charge in [0, 0.05) is 17.3 Å². The topological polar surface area (TPSA) is 52.7 Å². The molecule has 0 aliphatic carbocycles. The van der Waals surface area contributed by atoms with Crippen LogP contribution in [0.15, 0.2) is 48.5 Å². The fourth-order valence-electron chi connectivity index (χ4n) is 2.77. The van der Waals surface area contributed by atoms with E-state index in [9.17, 15) is 0 Å². The van der Waals surface area contributed by atoms with Crippen LogP contribution in [0.25, 0.3) is 22.4 Å². The molecule has 0 radical (unpaired) electrons. The molecule has 23 heavy (non-hydrogen) atoms. The van der Waals surface area contributed by atoms with E-state index in [2.05, 4.69) is 65.9 Å². The molecule has 0 aliphatic rings. The van der Waals surface area contributed by atoms with E-state index in [1.165, 1.54) is 0 Å². The molecule has 0 aliphatic heterocycles. The fraction of sp³-hybridized carbons (Fsp3) is 0.316. The van der Waals surface area contributed by atoms with E-state index in [1.54, 1.807) is 0 Å². The van der Waals surface area contributed by atoms with Crippen molar-refractivity contribution in [3.63, 3.8) is 0 Å².